The summed E-state index contributed by atoms with van der Waals surface area (Å²) in [7, 11) is -4.33. The Morgan fingerprint density at radius 1 is 1.25 bits per heavy atom. The number of carboxylic acids is 1. The fourth-order valence-corrected chi connectivity index (χ4v) is 2.76. The van der Waals surface area contributed by atoms with Crippen LogP contribution in [0.3, 0.4) is 0 Å². The van der Waals surface area contributed by atoms with Gasteiger partial charge in [0.15, 0.2) is 0 Å². The molecule has 0 fully saturated rings. The summed E-state index contributed by atoms with van der Waals surface area (Å²) in [5.74, 6) is -1.11. The normalized spacial score (nSPS) is 12.3. The highest BCUT2D eigenvalue weighted by molar-refractivity contribution is 7.89. The molecule has 0 saturated carbocycles. The van der Waals surface area contributed by atoms with Crippen LogP contribution in [0.4, 0.5) is 13.2 Å². The van der Waals surface area contributed by atoms with Crippen molar-refractivity contribution in [1.29, 1.82) is 0 Å². The molecular formula is C11H12F3NO4S. The Balaban J connectivity index is 2.91. The lowest BCUT2D eigenvalue weighted by atomic mass is 10.2. The number of benzene rings is 1. The fourth-order valence-electron chi connectivity index (χ4n) is 1.46. The number of aliphatic carboxylic acids is 1. The van der Waals surface area contributed by atoms with Crippen molar-refractivity contribution in [2.24, 2.45) is 0 Å². The minimum absolute atomic E-state index is 0.0112. The first-order valence-electron chi connectivity index (χ1n) is 5.52. The molecular weight excluding hydrogens is 299 g/mol. The number of hydrogen-bond donors (Lipinski definition) is 2. The lowest BCUT2D eigenvalue weighted by molar-refractivity contribution is -0.140. The van der Waals surface area contributed by atoms with Gasteiger partial charge in [0.1, 0.15) is 0 Å². The summed E-state index contributed by atoms with van der Waals surface area (Å²) in [5.41, 5.74) is -1.26. The number of hydrogen-bond acceptors (Lipinski definition) is 3. The standard InChI is InChI=1S/C11H12F3NO4S/c12-11(13,14)8-4-1-2-5-9(8)20(18,19)15-7-3-6-10(16)17/h1-2,4-5,15H,3,6-7H2,(H,16,17). The third kappa shape index (κ3) is 4.49. The highest BCUT2D eigenvalue weighted by Crippen LogP contribution is 2.33. The van der Waals surface area contributed by atoms with Gasteiger partial charge >= 0.3 is 12.1 Å². The molecule has 20 heavy (non-hydrogen) atoms. The van der Waals surface area contributed by atoms with E-state index >= 15 is 0 Å². The number of alkyl halides is 3. The SMILES string of the molecule is O=C(O)CCCNS(=O)(=O)c1ccccc1C(F)(F)F. The lowest BCUT2D eigenvalue weighted by Gasteiger charge is -2.13. The summed E-state index contributed by atoms with van der Waals surface area (Å²) >= 11 is 0. The first-order valence-corrected chi connectivity index (χ1v) is 7.00. The van der Waals surface area contributed by atoms with Gasteiger partial charge in [-0.15, -0.1) is 0 Å². The molecule has 2 N–H and O–H groups in total. The molecule has 0 atom stereocenters. The quantitative estimate of drug-likeness (QED) is 0.785. The molecule has 112 valence electrons. The first kappa shape index (κ1) is 16.4. The minimum Gasteiger partial charge on any atom is -0.481 e. The number of rotatable bonds is 6. The van der Waals surface area contributed by atoms with Gasteiger partial charge in [0.2, 0.25) is 10.0 Å². The van der Waals surface area contributed by atoms with Crippen molar-refractivity contribution in [2.75, 3.05) is 6.54 Å². The van der Waals surface area contributed by atoms with Crippen LogP contribution in [0.1, 0.15) is 18.4 Å². The molecule has 0 aliphatic carbocycles. The Kier molecular flexibility index (Phi) is 5.12. The molecule has 5 nitrogen and oxygen atoms in total. The van der Waals surface area contributed by atoms with Crippen LogP contribution in [0.2, 0.25) is 0 Å². The maximum Gasteiger partial charge on any atom is 0.417 e. The van der Waals surface area contributed by atoms with Gasteiger partial charge in [0.25, 0.3) is 0 Å². The van der Waals surface area contributed by atoms with Gasteiger partial charge in [0, 0.05) is 13.0 Å². The number of carboxylic acid groups (broad SMARTS) is 1. The molecule has 0 unspecified atom stereocenters. The summed E-state index contributed by atoms with van der Waals surface area (Å²) in [6.07, 6.45) is -5.07. The lowest BCUT2D eigenvalue weighted by Crippen LogP contribution is -2.27. The summed E-state index contributed by atoms with van der Waals surface area (Å²) in [4.78, 5) is 9.38. The highest BCUT2D eigenvalue weighted by Gasteiger charge is 2.36. The molecule has 0 heterocycles. The van der Waals surface area contributed by atoms with Gasteiger partial charge < -0.3 is 5.11 Å². The van der Waals surface area contributed by atoms with Crippen molar-refractivity contribution >= 4 is 16.0 Å². The molecule has 0 aliphatic rings. The molecule has 9 heteroatoms. The average molecular weight is 311 g/mol. The number of nitrogens with one attached hydrogen (secondary N) is 1. The van der Waals surface area contributed by atoms with E-state index in [0.717, 1.165) is 12.1 Å². The fraction of sp³-hybridized carbons (Fsp3) is 0.364. The van der Waals surface area contributed by atoms with Crippen LogP contribution in [0.15, 0.2) is 29.2 Å². The van der Waals surface area contributed by atoms with Crippen LogP contribution in [0, 0.1) is 0 Å². The van der Waals surface area contributed by atoms with Crippen LogP contribution in [0.25, 0.3) is 0 Å². The second-order valence-electron chi connectivity index (χ2n) is 3.89. The summed E-state index contributed by atoms with van der Waals surface area (Å²) < 4.78 is 63.6. The zero-order valence-corrected chi connectivity index (χ0v) is 11.0. The van der Waals surface area contributed by atoms with Gasteiger partial charge in [-0.05, 0) is 18.6 Å². The summed E-state index contributed by atoms with van der Waals surface area (Å²) in [6, 6.07) is 3.79. The zero-order valence-electron chi connectivity index (χ0n) is 10.1. The van der Waals surface area contributed by atoms with Crippen molar-refractivity contribution in [3.05, 3.63) is 29.8 Å². The molecule has 0 spiro atoms. The maximum atomic E-state index is 12.7. The minimum atomic E-state index is -4.79. The molecule has 1 aromatic rings. The van der Waals surface area contributed by atoms with Gasteiger partial charge in [-0.3, -0.25) is 4.79 Å². The van der Waals surface area contributed by atoms with E-state index in [1.165, 1.54) is 6.07 Å². The van der Waals surface area contributed by atoms with E-state index < -0.39 is 32.6 Å². The molecule has 0 saturated heterocycles. The molecule has 1 aromatic carbocycles. The third-order valence-electron chi connectivity index (χ3n) is 2.34. The van der Waals surface area contributed by atoms with E-state index in [0.29, 0.717) is 6.07 Å². The van der Waals surface area contributed by atoms with Crippen molar-refractivity contribution < 1.29 is 31.5 Å². The first-order chi connectivity index (χ1) is 9.14. The monoisotopic (exact) mass is 311 g/mol. The van der Waals surface area contributed by atoms with E-state index in [9.17, 15) is 26.4 Å². The molecule has 0 aromatic heterocycles. The van der Waals surface area contributed by atoms with Crippen molar-refractivity contribution in [3.8, 4) is 0 Å². The number of sulfonamides is 1. The van der Waals surface area contributed by atoms with E-state index in [2.05, 4.69) is 0 Å². The van der Waals surface area contributed by atoms with Gasteiger partial charge in [-0.2, -0.15) is 13.2 Å². The average Bonchev–Trinajstić information content (AvgIpc) is 2.33. The van der Waals surface area contributed by atoms with E-state index in [1.54, 1.807) is 0 Å². The predicted molar refractivity (Wildman–Crippen MR) is 63.5 cm³/mol. The van der Waals surface area contributed by atoms with E-state index in [1.807, 2.05) is 4.72 Å². The summed E-state index contributed by atoms with van der Waals surface area (Å²) in [6.45, 7) is -0.249. The van der Waals surface area contributed by atoms with Crippen LogP contribution >= 0.6 is 0 Å². The van der Waals surface area contributed by atoms with Crippen molar-refractivity contribution in [2.45, 2.75) is 23.9 Å². The molecule has 1 rings (SSSR count). The van der Waals surface area contributed by atoms with Crippen LogP contribution < -0.4 is 4.72 Å². The second kappa shape index (κ2) is 6.23. The number of halogens is 3. The largest absolute Gasteiger partial charge is 0.481 e. The Morgan fingerprint density at radius 3 is 2.40 bits per heavy atom. The van der Waals surface area contributed by atoms with Crippen LogP contribution in [-0.4, -0.2) is 26.0 Å². The number of carbonyl (C=O) groups is 1. The maximum absolute atomic E-state index is 12.7. The Morgan fingerprint density at radius 2 is 1.85 bits per heavy atom. The topological polar surface area (TPSA) is 83.5 Å². The molecule has 0 amide bonds. The van der Waals surface area contributed by atoms with Gasteiger partial charge in [0.05, 0.1) is 10.5 Å². The van der Waals surface area contributed by atoms with Gasteiger partial charge in [-0.1, -0.05) is 12.1 Å². The van der Waals surface area contributed by atoms with E-state index in [-0.39, 0.29) is 19.4 Å². The smallest absolute Gasteiger partial charge is 0.417 e. The van der Waals surface area contributed by atoms with Gasteiger partial charge in [-0.25, -0.2) is 13.1 Å². The zero-order chi connectivity index (χ0) is 15.4. The van der Waals surface area contributed by atoms with E-state index in [4.69, 9.17) is 5.11 Å². The van der Waals surface area contributed by atoms with Crippen molar-refractivity contribution in [1.82, 2.24) is 4.72 Å². The predicted octanol–water partition coefficient (Wildman–Crippen LogP) is 1.85. The molecule has 0 aliphatic heterocycles. The van der Waals surface area contributed by atoms with Crippen molar-refractivity contribution in [3.63, 3.8) is 0 Å². The molecule has 0 radical (unpaired) electrons. The Hall–Kier alpha value is -1.61. The summed E-state index contributed by atoms with van der Waals surface area (Å²) in [5, 5.41) is 8.38. The molecule has 0 bridgehead atoms. The third-order valence-corrected chi connectivity index (χ3v) is 3.86. The Bertz CT molecular complexity index is 584. The highest BCUT2D eigenvalue weighted by atomic mass is 32.2. The second-order valence-corrected chi connectivity index (χ2v) is 5.62. The van der Waals surface area contributed by atoms with Crippen LogP contribution in [-0.2, 0) is 21.0 Å². The van der Waals surface area contributed by atoms with Crippen LogP contribution in [0.5, 0.6) is 0 Å². The Labute approximate surface area is 113 Å².